The van der Waals surface area contributed by atoms with Gasteiger partial charge in [0, 0.05) is 0 Å². The molecule has 4 nitrogen and oxygen atoms in total. The van der Waals surface area contributed by atoms with Gasteiger partial charge in [0.1, 0.15) is 6.04 Å². The van der Waals surface area contributed by atoms with E-state index in [4.69, 9.17) is 0 Å². The van der Waals surface area contributed by atoms with Gasteiger partial charge in [-0.1, -0.05) is 26.8 Å². The zero-order valence-electron chi connectivity index (χ0n) is 13.9. The van der Waals surface area contributed by atoms with Crippen molar-refractivity contribution in [1.82, 2.24) is 10.3 Å². The van der Waals surface area contributed by atoms with Crippen molar-refractivity contribution < 1.29 is 22.4 Å². The predicted octanol–water partition coefficient (Wildman–Crippen LogP) is 3.34. The maximum absolute atomic E-state index is 13.3. The number of hydrogen-bond donors (Lipinski definition) is 2. The molecule has 0 unspecified atom stereocenters. The van der Waals surface area contributed by atoms with Gasteiger partial charge < -0.3 is 5.32 Å². The summed E-state index contributed by atoms with van der Waals surface area (Å²) in [5.74, 6) is 0.473. The number of rotatable bonds is 3. The number of hydrogen-bond acceptors (Lipinski definition) is 1. The fraction of sp³-hybridized carbons (Fsp3) is 0.529. The Morgan fingerprint density at radius 3 is 2.50 bits per heavy atom. The minimum Gasteiger partial charge on any atom is -0.337 e. The lowest BCUT2D eigenvalue weighted by atomic mass is 9.86. The van der Waals surface area contributed by atoms with E-state index in [2.05, 4.69) is 10.3 Å². The molecule has 1 aliphatic carbocycles. The maximum Gasteiger partial charge on any atom is 0.409 e. The summed E-state index contributed by atoms with van der Waals surface area (Å²) < 4.78 is 41.8. The summed E-state index contributed by atoms with van der Waals surface area (Å²) >= 11 is 0. The number of nitrogens with zero attached hydrogens (tertiary/aromatic N) is 1. The van der Waals surface area contributed by atoms with Gasteiger partial charge in [0.25, 0.3) is 11.7 Å². The normalized spacial score (nSPS) is 17.1. The molecule has 0 spiro atoms. The van der Waals surface area contributed by atoms with Crippen LogP contribution in [-0.4, -0.2) is 23.1 Å². The van der Waals surface area contributed by atoms with Crippen LogP contribution in [0.4, 0.5) is 13.2 Å². The third-order valence-corrected chi connectivity index (χ3v) is 4.29. The van der Waals surface area contributed by atoms with Crippen molar-refractivity contribution >= 4 is 11.4 Å². The highest BCUT2D eigenvalue weighted by Gasteiger charge is 2.48. The number of H-pyrrole nitrogens is 1. The Morgan fingerprint density at radius 1 is 1.29 bits per heavy atom. The second-order valence-electron chi connectivity index (χ2n) is 7.43. The van der Waals surface area contributed by atoms with E-state index in [9.17, 15) is 18.0 Å². The standard InChI is InChI=1S/C17H20F3N3O/c1-16(2,3)15(17(18,19)20)22-14(24)12-11-6-4-5-9-23(11)13(21-12)10-7-8-10/h4-6,9-10,15H,7-8H2,1-3H3,(H,22,24)/p+1/t15-/m0/s1. The van der Waals surface area contributed by atoms with Crippen LogP contribution >= 0.6 is 0 Å². The molecule has 0 aliphatic heterocycles. The average Bonchev–Trinajstić information content (AvgIpc) is 3.23. The molecular weight excluding hydrogens is 319 g/mol. The topological polar surface area (TPSA) is 49.0 Å². The molecule has 3 rings (SSSR count). The Bertz CT molecular complexity index is 755. The van der Waals surface area contributed by atoms with Crippen molar-refractivity contribution in [2.45, 2.75) is 51.7 Å². The lowest BCUT2D eigenvalue weighted by Gasteiger charge is -2.32. The summed E-state index contributed by atoms with van der Waals surface area (Å²) in [5.41, 5.74) is -0.370. The van der Waals surface area contributed by atoms with Gasteiger partial charge in [0.2, 0.25) is 5.69 Å². The second-order valence-corrected chi connectivity index (χ2v) is 7.43. The molecular formula is C17H21F3N3O+. The molecule has 0 bridgehead atoms. The smallest absolute Gasteiger partial charge is 0.337 e. The van der Waals surface area contributed by atoms with Gasteiger partial charge in [-0.15, -0.1) is 0 Å². The van der Waals surface area contributed by atoms with E-state index in [1.807, 2.05) is 16.7 Å². The van der Waals surface area contributed by atoms with E-state index >= 15 is 0 Å². The number of halogens is 3. The largest absolute Gasteiger partial charge is 0.409 e. The molecule has 1 saturated carbocycles. The molecule has 1 fully saturated rings. The first-order valence-electron chi connectivity index (χ1n) is 7.99. The highest BCUT2D eigenvalue weighted by molar-refractivity contribution is 5.98. The first-order valence-corrected chi connectivity index (χ1v) is 7.99. The van der Waals surface area contributed by atoms with E-state index in [1.165, 1.54) is 20.8 Å². The van der Waals surface area contributed by atoms with Crippen molar-refractivity contribution in [3.63, 3.8) is 0 Å². The van der Waals surface area contributed by atoms with Crippen LogP contribution in [0.5, 0.6) is 0 Å². The van der Waals surface area contributed by atoms with E-state index < -0.39 is 23.5 Å². The summed E-state index contributed by atoms with van der Waals surface area (Å²) in [4.78, 5) is 15.6. The van der Waals surface area contributed by atoms with Gasteiger partial charge in [-0.25, -0.2) is 4.98 Å². The molecule has 1 aliphatic rings. The van der Waals surface area contributed by atoms with E-state index in [0.29, 0.717) is 11.4 Å². The highest BCUT2D eigenvalue weighted by Crippen LogP contribution is 2.38. The molecule has 1 atom stereocenters. The van der Waals surface area contributed by atoms with Crippen LogP contribution in [0, 0.1) is 5.41 Å². The average molecular weight is 340 g/mol. The molecule has 2 N–H and O–H groups in total. The molecule has 2 heterocycles. The second kappa shape index (κ2) is 5.50. The number of carbonyl (C=O) groups is 1. The number of imidazole rings is 1. The number of fused-ring (bicyclic) bond motifs is 1. The van der Waals surface area contributed by atoms with Crippen molar-refractivity contribution in [3.8, 4) is 0 Å². The van der Waals surface area contributed by atoms with E-state index in [-0.39, 0.29) is 5.69 Å². The number of aromatic nitrogens is 2. The lowest BCUT2D eigenvalue weighted by molar-refractivity contribution is -0.521. The summed E-state index contributed by atoms with van der Waals surface area (Å²) in [5, 5.41) is 2.17. The summed E-state index contributed by atoms with van der Waals surface area (Å²) in [6, 6.07) is 3.41. The molecule has 0 aromatic carbocycles. The SMILES string of the molecule is CC(C)(C)[C@H](NC(=O)c1[nH]c(C2CC2)[n+]2ccccc12)C(F)(F)F. The van der Waals surface area contributed by atoms with Crippen LogP contribution < -0.4 is 9.72 Å². The van der Waals surface area contributed by atoms with Crippen LogP contribution in [0.3, 0.4) is 0 Å². The third-order valence-electron chi connectivity index (χ3n) is 4.29. The minimum atomic E-state index is -4.51. The maximum atomic E-state index is 13.3. The zero-order chi connectivity index (χ0) is 17.7. The monoisotopic (exact) mass is 340 g/mol. The first kappa shape index (κ1) is 16.8. The molecule has 7 heteroatoms. The lowest BCUT2D eigenvalue weighted by Crippen LogP contribution is -2.53. The number of nitrogens with one attached hydrogen (secondary N) is 2. The summed E-state index contributed by atoms with van der Waals surface area (Å²) in [7, 11) is 0. The molecule has 1 amide bonds. The van der Waals surface area contributed by atoms with Crippen molar-refractivity contribution in [1.29, 1.82) is 0 Å². The van der Waals surface area contributed by atoms with Crippen molar-refractivity contribution in [3.05, 3.63) is 35.9 Å². The van der Waals surface area contributed by atoms with Crippen LogP contribution in [0.2, 0.25) is 0 Å². The molecule has 24 heavy (non-hydrogen) atoms. The van der Waals surface area contributed by atoms with Crippen LogP contribution in [0.25, 0.3) is 5.52 Å². The van der Waals surface area contributed by atoms with Gasteiger partial charge in [-0.3, -0.25) is 4.79 Å². The Labute approximate surface area is 138 Å². The number of carbonyl (C=O) groups excluding carboxylic acids is 1. The summed E-state index contributed by atoms with van der Waals surface area (Å²) in [6.07, 6.45) is -0.651. The molecule has 0 radical (unpaired) electrons. The molecule has 130 valence electrons. The minimum absolute atomic E-state index is 0.177. The van der Waals surface area contributed by atoms with E-state index in [1.54, 1.807) is 12.1 Å². The Morgan fingerprint density at radius 2 is 1.96 bits per heavy atom. The van der Waals surface area contributed by atoms with Crippen molar-refractivity contribution in [2.24, 2.45) is 5.41 Å². The van der Waals surface area contributed by atoms with Gasteiger partial charge in [-0.05, 0) is 30.4 Å². The van der Waals surface area contributed by atoms with E-state index in [0.717, 1.165) is 18.7 Å². The summed E-state index contributed by atoms with van der Waals surface area (Å²) in [6.45, 7) is 4.38. The third kappa shape index (κ3) is 3.12. The molecule has 0 saturated heterocycles. The quantitative estimate of drug-likeness (QED) is 0.827. The van der Waals surface area contributed by atoms with Crippen molar-refractivity contribution in [2.75, 3.05) is 0 Å². The fourth-order valence-electron chi connectivity index (χ4n) is 2.93. The number of pyridine rings is 1. The first-order chi connectivity index (χ1) is 11.1. The van der Waals surface area contributed by atoms with Crippen LogP contribution in [-0.2, 0) is 0 Å². The fourth-order valence-corrected chi connectivity index (χ4v) is 2.93. The Kier molecular flexibility index (Phi) is 3.85. The van der Waals surface area contributed by atoms with Gasteiger partial charge in [0.15, 0.2) is 5.52 Å². The highest BCUT2D eigenvalue weighted by atomic mass is 19.4. The Hall–Kier alpha value is -2.05. The van der Waals surface area contributed by atoms with Crippen LogP contribution in [0.1, 0.15) is 55.8 Å². The number of amides is 1. The number of aromatic amines is 1. The predicted molar refractivity (Wildman–Crippen MR) is 82.7 cm³/mol. The van der Waals surface area contributed by atoms with Crippen LogP contribution in [0.15, 0.2) is 24.4 Å². The van der Waals surface area contributed by atoms with Gasteiger partial charge in [0.05, 0.1) is 12.1 Å². The molecule has 2 aromatic rings. The van der Waals surface area contributed by atoms with Gasteiger partial charge >= 0.3 is 6.18 Å². The van der Waals surface area contributed by atoms with Gasteiger partial charge in [-0.2, -0.15) is 17.6 Å². The molecule has 2 aromatic heterocycles. The number of alkyl halides is 3. The zero-order valence-corrected chi connectivity index (χ0v) is 13.9. The Balaban J connectivity index is 1.97.